The number of nitrogens with zero attached hydrogens (tertiary/aromatic N) is 4. The molecule has 0 aliphatic rings. The molecule has 0 saturated heterocycles. The van der Waals surface area contributed by atoms with Crippen LogP contribution in [0.1, 0.15) is 5.56 Å². The van der Waals surface area contributed by atoms with Crippen molar-refractivity contribution < 1.29 is 0 Å². The predicted octanol–water partition coefficient (Wildman–Crippen LogP) is 4.52. The monoisotopic (exact) mass is 326 g/mol. The first kappa shape index (κ1) is 15.1. The Hall–Kier alpha value is -3.40. The summed E-state index contributed by atoms with van der Waals surface area (Å²) in [4.78, 5) is 2.12. The number of hydrogen-bond acceptors (Lipinski definition) is 3. The first-order chi connectivity index (χ1) is 12.3. The smallest absolute Gasteiger partial charge is 0.137 e. The maximum atomic E-state index is 4.40. The van der Waals surface area contributed by atoms with Crippen LogP contribution in [0.4, 0.5) is 5.69 Å². The van der Waals surface area contributed by atoms with Crippen LogP contribution >= 0.6 is 0 Å². The summed E-state index contributed by atoms with van der Waals surface area (Å²) in [6.07, 6.45) is 2.12. The van der Waals surface area contributed by atoms with Gasteiger partial charge in [0.15, 0.2) is 0 Å². The first-order valence-corrected chi connectivity index (χ1v) is 8.19. The van der Waals surface area contributed by atoms with E-state index in [9.17, 15) is 0 Å². The van der Waals surface area contributed by atoms with Crippen molar-refractivity contribution in [1.82, 2.24) is 15.0 Å². The van der Waals surface area contributed by atoms with Gasteiger partial charge in [0.1, 0.15) is 11.3 Å². The molecule has 4 aromatic rings. The lowest BCUT2D eigenvalue weighted by atomic mass is 10.2. The van der Waals surface area contributed by atoms with Crippen LogP contribution in [0.25, 0.3) is 22.9 Å². The molecule has 1 heterocycles. The fourth-order valence-corrected chi connectivity index (χ4v) is 2.82. The number of aromatic nitrogens is 3. The molecule has 25 heavy (non-hydrogen) atoms. The van der Waals surface area contributed by atoms with Gasteiger partial charge in [0, 0.05) is 12.7 Å². The summed E-state index contributed by atoms with van der Waals surface area (Å²) in [6, 6.07) is 28.5. The van der Waals surface area contributed by atoms with Gasteiger partial charge in [0.2, 0.25) is 0 Å². The minimum absolute atomic E-state index is 0.878. The molecule has 0 bridgehead atoms. The minimum Gasteiger partial charge on any atom is -0.329 e. The van der Waals surface area contributed by atoms with E-state index < -0.39 is 0 Å². The van der Waals surface area contributed by atoms with E-state index in [0.717, 1.165) is 28.1 Å². The van der Waals surface area contributed by atoms with E-state index in [-0.39, 0.29) is 0 Å². The normalized spacial score (nSPS) is 11.6. The van der Waals surface area contributed by atoms with E-state index in [1.54, 1.807) is 0 Å². The molecule has 0 fully saturated rings. The number of hydrogen-bond donors (Lipinski definition) is 0. The van der Waals surface area contributed by atoms with Gasteiger partial charge >= 0.3 is 0 Å². The van der Waals surface area contributed by atoms with Gasteiger partial charge < -0.3 is 4.90 Å². The second-order valence-corrected chi connectivity index (χ2v) is 5.80. The second-order valence-electron chi connectivity index (χ2n) is 5.80. The number of para-hydroxylation sites is 2. The first-order valence-electron chi connectivity index (χ1n) is 8.19. The molecule has 0 saturated carbocycles. The third kappa shape index (κ3) is 3.02. The van der Waals surface area contributed by atoms with E-state index in [4.69, 9.17) is 0 Å². The van der Waals surface area contributed by atoms with Crippen LogP contribution in [0.15, 0.2) is 84.9 Å². The molecular formula is C21H18N4. The SMILES string of the molecule is CN(/C(=C\c1ccccc1)n1nnc2ccccc21)c1ccccc1. The summed E-state index contributed by atoms with van der Waals surface area (Å²) in [5.41, 5.74) is 4.06. The highest BCUT2D eigenvalue weighted by Gasteiger charge is 2.14. The van der Waals surface area contributed by atoms with Gasteiger partial charge in [-0.15, -0.1) is 5.10 Å². The Morgan fingerprint density at radius 2 is 1.48 bits per heavy atom. The zero-order valence-electron chi connectivity index (χ0n) is 13.9. The Balaban J connectivity index is 1.88. The fourth-order valence-electron chi connectivity index (χ4n) is 2.82. The molecule has 4 heteroatoms. The summed E-state index contributed by atoms with van der Waals surface area (Å²) >= 11 is 0. The minimum atomic E-state index is 0.878. The number of fused-ring (bicyclic) bond motifs is 1. The van der Waals surface area contributed by atoms with E-state index in [1.807, 2.05) is 72.4 Å². The van der Waals surface area contributed by atoms with Crippen molar-refractivity contribution in [2.75, 3.05) is 11.9 Å². The average molecular weight is 326 g/mol. The van der Waals surface area contributed by atoms with Gasteiger partial charge in [-0.05, 0) is 35.9 Å². The number of anilines is 1. The van der Waals surface area contributed by atoms with E-state index in [1.165, 1.54) is 0 Å². The van der Waals surface area contributed by atoms with Gasteiger partial charge in [-0.25, -0.2) is 0 Å². The van der Waals surface area contributed by atoms with Crippen molar-refractivity contribution in [2.45, 2.75) is 0 Å². The third-order valence-electron chi connectivity index (χ3n) is 4.15. The van der Waals surface area contributed by atoms with Crippen molar-refractivity contribution in [3.8, 4) is 0 Å². The van der Waals surface area contributed by atoms with Gasteiger partial charge in [0.25, 0.3) is 0 Å². The molecule has 122 valence electrons. The standard InChI is InChI=1S/C21H18N4/c1-24(18-12-6-3-7-13-18)21(16-17-10-4-2-5-11-17)25-20-15-9-8-14-19(20)22-23-25/h2-16H,1H3/b21-16+. The number of rotatable bonds is 4. The van der Waals surface area contributed by atoms with Crippen molar-refractivity contribution in [3.63, 3.8) is 0 Å². The number of benzene rings is 3. The zero-order valence-corrected chi connectivity index (χ0v) is 13.9. The Labute approximate surface area is 146 Å². The molecule has 0 aliphatic heterocycles. The molecule has 1 aromatic heterocycles. The van der Waals surface area contributed by atoms with Crippen molar-refractivity contribution in [1.29, 1.82) is 0 Å². The Morgan fingerprint density at radius 1 is 0.840 bits per heavy atom. The molecular weight excluding hydrogens is 308 g/mol. The third-order valence-corrected chi connectivity index (χ3v) is 4.15. The maximum absolute atomic E-state index is 4.40. The van der Waals surface area contributed by atoms with Crippen LogP contribution in [-0.2, 0) is 0 Å². The van der Waals surface area contributed by atoms with Crippen molar-refractivity contribution in [2.24, 2.45) is 0 Å². The molecule has 0 aliphatic carbocycles. The highest BCUT2D eigenvalue weighted by molar-refractivity contribution is 5.86. The average Bonchev–Trinajstić information content (AvgIpc) is 3.11. The van der Waals surface area contributed by atoms with Gasteiger partial charge in [-0.1, -0.05) is 65.9 Å². The van der Waals surface area contributed by atoms with Crippen LogP contribution < -0.4 is 4.90 Å². The fraction of sp³-hybridized carbons (Fsp3) is 0.0476. The lowest BCUT2D eigenvalue weighted by molar-refractivity contribution is 0.820. The molecule has 0 radical (unpaired) electrons. The summed E-state index contributed by atoms with van der Waals surface area (Å²) in [6.45, 7) is 0. The lowest BCUT2D eigenvalue weighted by Gasteiger charge is -2.23. The highest BCUT2D eigenvalue weighted by atomic mass is 15.5. The molecule has 0 N–H and O–H groups in total. The second kappa shape index (κ2) is 6.61. The van der Waals surface area contributed by atoms with Gasteiger partial charge in [0.05, 0.1) is 5.52 Å². The molecule has 3 aromatic carbocycles. The summed E-state index contributed by atoms with van der Waals surface area (Å²) in [5, 5.41) is 8.70. The van der Waals surface area contributed by atoms with Crippen LogP contribution in [0, 0.1) is 0 Å². The molecule has 0 unspecified atom stereocenters. The van der Waals surface area contributed by atoms with E-state index >= 15 is 0 Å². The Bertz CT molecular complexity index is 1000. The lowest BCUT2D eigenvalue weighted by Crippen LogP contribution is -2.20. The largest absolute Gasteiger partial charge is 0.329 e. The van der Waals surface area contributed by atoms with Gasteiger partial charge in [-0.2, -0.15) is 4.68 Å². The summed E-state index contributed by atoms with van der Waals surface area (Å²) < 4.78 is 1.88. The van der Waals surface area contributed by atoms with Crippen LogP contribution in [-0.4, -0.2) is 22.0 Å². The molecule has 0 amide bonds. The van der Waals surface area contributed by atoms with Crippen molar-refractivity contribution >= 4 is 28.6 Å². The molecule has 0 atom stereocenters. The van der Waals surface area contributed by atoms with E-state index in [0.29, 0.717) is 0 Å². The Kier molecular flexibility index (Phi) is 4.01. The summed E-state index contributed by atoms with van der Waals surface area (Å²) in [7, 11) is 2.04. The quantitative estimate of drug-likeness (QED) is 0.553. The summed E-state index contributed by atoms with van der Waals surface area (Å²) in [5.74, 6) is 0.936. The van der Waals surface area contributed by atoms with Crippen LogP contribution in [0.2, 0.25) is 0 Å². The van der Waals surface area contributed by atoms with Crippen molar-refractivity contribution in [3.05, 3.63) is 90.5 Å². The highest BCUT2D eigenvalue weighted by Crippen LogP contribution is 2.24. The zero-order chi connectivity index (χ0) is 17.1. The van der Waals surface area contributed by atoms with Crippen LogP contribution in [0.3, 0.4) is 0 Å². The van der Waals surface area contributed by atoms with Crippen LogP contribution in [0.5, 0.6) is 0 Å². The molecule has 4 rings (SSSR count). The topological polar surface area (TPSA) is 34.0 Å². The van der Waals surface area contributed by atoms with Gasteiger partial charge in [-0.3, -0.25) is 0 Å². The maximum Gasteiger partial charge on any atom is 0.137 e. The molecule has 0 spiro atoms. The predicted molar refractivity (Wildman–Crippen MR) is 103 cm³/mol. The molecule has 4 nitrogen and oxygen atoms in total. The Morgan fingerprint density at radius 3 is 2.24 bits per heavy atom. The van der Waals surface area contributed by atoms with E-state index in [2.05, 4.69) is 45.6 Å².